The van der Waals surface area contributed by atoms with Gasteiger partial charge in [0.15, 0.2) is 12.1 Å². The molecule has 10 heteroatoms. The average Bonchev–Trinajstić information content (AvgIpc) is 3.02. The predicted octanol–water partition coefficient (Wildman–Crippen LogP) is 0.853. The lowest BCUT2D eigenvalue weighted by Crippen LogP contribution is -2.62. The van der Waals surface area contributed by atoms with E-state index >= 15 is 0 Å². The van der Waals surface area contributed by atoms with Crippen LogP contribution >= 0.6 is 12.2 Å². The molecule has 0 radical (unpaired) electrons. The third-order valence-electron chi connectivity index (χ3n) is 4.98. The van der Waals surface area contributed by atoms with E-state index in [0.29, 0.717) is 17.1 Å². The fourth-order valence-electron chi connectivity index (χ4n) is 3.61. The molecule has 5 atom stereocenters. The lowest BCUT2D eigenvalue weighted by molar-refractivity contribution is -0.219. The Morgan fingerprint density at radius 2 is 1.93 bits per heavy atom. The van der Waals surface area contributed by atoms with Crippen LogP contribution in [-0.2, 0) is 16.1 Å². The van der Waals surface area contributed by atoms with E-state index in [9.17, 15) is 20.1 Å². The highest BCUT2D eigenvalue weighted by molar-refractivity contribution is 7.71. The lowest BCUT2D eigenvalue weighted by Gasteiger charge is -2.42. The Kier molecular flexibility index (Phi) is 7.04. The second-order valence-corrected chi connectivity index (χ2v) is 8.24. The SMILES string of the molecule is CC(=O)N[C@@H]1[C@@H](O)[C@H](O)[C@@H](CO)O[C@H]1n1nc(-c2ccccc2)n(CC(C)C)c1=S. The summed E-state index contributed by atoms with van der Waals surface area (Å²) in [6.07, 6.45) is -4.80. The molecule has 2 aromatic rings. The number of hydrogen-bond acceptors (Lipinski definition) is 7. The first-order valence-electron chi connectivity index (χ1n) is 9.89. The summed E-state index contributed by atoms with van der Waals surface area (Å²) < 4.78 is 9.52. The van der Waals surface area contributed by atoms with Crippen LogP contribution in [0.1, 0.15) is 27.0 Å². The summed E-state index contributed by atoms with van der Waals surface area (Å²) in [4.78, 5) is 11.7. The van der Waals surface area contributed by atoms with Crippen molar-refractivity contribution in [2.75, 3.05) is 6.61 Å². The fourth-order valence-corrected chi connectivity index (χ4v) is 3.91. The van der Waals surface area contributed by atoms with Crippen LogP contribution in [0.5, 0.6) is 0 Å². The van der Waals surface area contributed by atoms with Crippen molar-refractivity contribution in [1.29, 1.82) is 0 Å². The van der Waals surface area contributed by atoms with Crippen LogP contribution in [-0.4, -0.2) is 66.5 Å². The molecular weight excluding hydrogens is 408 g/mol. The molecular formula is C20H28N4O5S. The first-order valence-corrected chi connectivity index (χ1v) is 10.3. The summed E-state index contributed by atoms with van der Waals surface area (Å²) in [5.41, 5.74) is 0.856. The number of aliphatic hydroxyl groups is 3. The standard InChI is InChI=1S/C20H28N4O5S/c1-11(2)9-23-18(13-7-5-4-6-8-13)22-24(20(23)30)19-15(21-12(3)26)17(28)16(27)14(10-25)29-19/h4-8,11,14-17,19,25,27-28H,9-10H2,1-3H3,(H,21,26)/t14-,15-,16-,17-,19-/m1/s1. The number of nitrogens with one attached hydrogen (secondary N) is 1. The number of carbonyl (C=O) groups is 1. The smallest absolute Gasteiger partial charge is 0.217 e. The monoisotopic (exact) mass is 436 g/mol. The van der Waals surface area contributed by atoms with E-state index in [1.807, 2.05) is 34.9 Å². The van der Waals surface area contributed by atoms with Crippen LogP contribution in [0.2, 0.25) is 0 Å². The minimum atomic E-state index is -1.37. The van der Waals surface area contributed by atoms with E-state index in [4.69, 9.17) is 17.0 Å². The van der Waals surface area contributed by atoms with Crippen molar-refractivity contribution < 1.29 is 24.9 Å². The number of hydrogen-bond donors (Lipinski definition) is 4. The van der Waals surface area contributed by atoms with Crippen LogP contribution in [0.4, 0.5) is 0 Å². The van der Waals surface area contributed by atoms with Gasteiger partial charge in [-0.2, -0.15) is 0 Å². The molecule has 0 unspecified atom stereocenters. The number of ether oxygens (including phenoxy) is 1. The number of aromatic nitrogens is 3. The van der Waals surface area contributed by atoms with Gasteiger partial charge >= 0.3 is 0 Å². The molecule has 1 fully saturated rings. The number of carbonyl (C=O) groups excluding carboxylic acids is 1. The van der Waals surface area contributed by atoms with Crippen molar-refractivity contribution in [3.05, 3.63) is 35.1 Å². The molecule has 3 rings (SSSR count). The summed E-state index contributed by atoms with van der Waals surface area (Å²) >= 11 is 5.69. The highest BCUT2D eigenvalue weighted by atomic mass is 32.1. The predicted molar refractivity (Wildman–Crippen MR) is 112 cm³/mol. The summed E-state index contributed by atoms with van der Waals surface area (Å²) in [5.74, 6) is 0.507. The van der Waals surface area contributed by atoms with Gasteiger partial charge in [0.25, 0.3) is 0 Å². The Balaban J connectivity index is 2.13. The largest absolute Gasteiger partial charge is 0.394 e. The highest BCUT2D eigenvalue weighted by Gasteiger charge is 2.46. The van der Waals surface area contributed by atoms with Gasteiger partial charge in [-0.25, -0.2) is 4.68 Å². The maximum absolute atomic E-state index is 11.7. The zero-order chi connectivity index (χ0) is 22.0. The Bertz CT molecular complexity index is 929. The summed E-state index contributed by atoms with van der Waals surface area (Å²) in [7, 11) is 0. The molecule has 0 saturated carbocycles. The molecule has 30 heavy (non-hydrogen) atoms. The van der Waals surface area contributed by atoms with Gasteiger partial charge in [-0.1, -0.05) is 44.2 Å². The first kappa shape index (κ1) is 22.6. The van der Waals surface area contributed by atoms with Crippen molar-refractivity contribution in [3.63, 3.8) is 0 Å². The van der Waals surface area contributed by atoms with Crippen LogP contribution < -0.4 is 5.32 Å². The molecule has 164 valence electrons. The van der Waals surface area contributed by atoms with Gasteiger partial charge in [0, 0.05) is 19.0 Å². The number of aliphatic hydroxyl groups excluding tert-OH is 3. The molecule has 9 nitrogen and oxygen atoms in total. The maximum atomic E-state index is 11.7. The van der Waals surface area contributed by atoms with Gasteiger partial charge in [0.2, 0.25) is 10.7 Å². The summed E-state index contributed by atoms with van der Waals surface area (Å²) in [5, 5.41) is 37.8. The Morgan fingerprint density at radius 1 is 1.27 bits per heavy atom. The minimum absolute atomic E-state index is 0.285. The normalized spacial score (nSPS) is 26.7. The third-order valence-corrected chi connectivity index (χ3v) is 5.38. The second-order valence-electron chi connectivity index (χ2n) is 7.88. The molecule has 2 heterocycles. The van der Waals surface area contributed by atoms with Crippen molar-refractivity contribution >= 4 is 18.1 Å². The van der Waals surface area contributed by atoms with Crippen LogP contribution in [0.3, 0.4) is 0 Å². The molecule has 1 aliphatic rings. The number of nitrogens with zero attached hydrogens (tertiary/aromatic N) is 3. The molecule has 1 saturated heterocycles. The maximum Gasteiger partial charge on any atom is 0.217 e. The molecule has 1 aromatic heterocycles. The molecule has 0 bridgehead atoms. The Hall–Kier alpha value is -2.11. The number of benzene rings is 1. The van der Waals surface area contributed by atoms with Crippen LogP contribution in [0.25, 0.3) is 11.4 Å². The van der Waals surface area contributed by atoms with E-state index < -0.39 is 43.1 Å². The van der Waals surface area contributed by atoms with Gasteiger partial charge in [0.1, 0.15) is 24.4 Å². The Labute approximate surface area is 179 Å². The van der Waals surface area contributed by atoms with E-state index in [-0.39, 0.29) is 5.92 Å². The first-order chi connectivity index (χ1) is 14.2. The van der Waals surface area contributed by atoms with E-state index in [1.54, 1.807) is 0 Å². The molecule has 0 spiro atoms. The van der Waals surface area contributed by atoms with E-state index in [1.165, 1.54) is 11.6 Å². The lowest BCUT2D eigenvalue weighted by atomic mass is 9.96. The molecule has 1 amide bonds. The van der Waals surface area contributed by atoms with Crippen molar-refractivity contribution in [3.8, 4) is 11.4 Å². The van der Waals surface area contributed by atoms with Gasteiger partial charge < -0.3 is 25.4 Å². The zero-order valence-electron chi connectivity index (χ0n) is 17.2. The minimum Gasteiger partial charge on any atom is -0.394 e. The number of rotatable bonds is 6. The van der Waals surface area contributed by atoms with Crippen molar-refractivity contribution in [2.45, 2.75) is 57.9 Å². The molecule has 1 aromatic carbocycles. The third kappa shape index (κ3) is 4.47. The van der Waals surface area contributed by atoms with Crippen LogP contribution in [0.15, 0.2) is 30.3 Å². The van der Waals surface area contributed by atoms with Crippen molar-refractivity contribution in [2.24, 2.45) is 5.92 Å². The quantitative estimate of drug-likeness (QED) is 0.495. The topological polar surface area (TPSA) is 122 Å². The van der Waals surface area contributed by atoms with Gasteiger partial charge in [-0.15, -0.1) is 5.10 Å². The average molecular weight is 437 g/mol. The van der Waals surface area contributed by atoms with Crippen molar-refractivity contribution in [1.82, 2.24) is 19.7 Å². The van der Waals surface area contributed by atoms with Gasteiger partial charge in [0.05, 0.1) is 6.61 Å². The van der Waals surface area contributed by atoms with E-state index in [0.717, 1.165) is 5.56 Å². The van der Waals surface area contributed by atoms with Crippen LogP contribution in [0, 0.1) is 10.7 Å². The summed E-state index contributed by atoms with van der Waals surface area (Å²) in [6, 6.07) is 8.54. The second kappa shape index (κ2) is 9.36. The van der Waals surface area contributed by atoms with E-state index in [2.05, 4.69) is 24.3 Å². The molecule has 0 aliphatic carbocycles. The van der Waals surface area contributed by atoms with Gasteiger partial charge in [-0.3, -0.25) is 9.36 Å². The van der Waals surface area contributed by atoms with Gasteiger partial charge in [-0.05, 0) is 18.1 Å². The number of amides is 1. The Morgan fingerprint density at radius 3 is 2.50 bits per heavy atom. The highest BCUT2D eigenvalue weighted by Crippen LogP contribution is 2.30. The fraction of sp³-hybridized carbons (Fsp3) is 0.550. The zero-order valence-corrected chi connectivity index (χ0v) is 18.0. The molecule has 1 aliphatic heterocycles. The molecule has 4 N–H and O–H groups in total. The summed E-state index contributed by atoms with van der Waals surface area (Å²) in [6.45, 7) is 5.53.